The molecule has 0 spiro atoms. The zero-order chi connectivity index (χ0) is 12.3. The van der Waals surface area contributed by atoms with Crippen molar-refractivity contribution in [2.45, 2.75) is 33.4 Å². The van der Waals surface area contributed by atoms with E-state index in [-0.39, 0.29) is 5.43 Å². The summed E-state index contributed by atoms with van der Waals surface area (Å²) in [5.41, 5.74) is 2.33. The van der Waals surface area contributed by atoms with Crippen LogP contribution < -0.4 is 5.43 Å². The van der Waals surface area contributed by atoms with E-state index in [0.717, 1.165) is 25.2 Å². The summed E-state index contributed by atoms with van der Waals surface area (Å²) in [4.78, 5) is 11.0. The van der Waals surface area contributed by atoms with Gasteiger partial charge in [-0.1, -0.05) is 6.92 Å². The summed E-state index contributed by atoms with van der Waals surface area (Å²) in [6, 6.07) is 5.28. The Hall–Kier alpha value is -1.84. The lowest BCUT2D eigenvalue weighted by atomic mass is 10.3. The summed E-state index contributed by atoms with van der Waals surface area (Å²) in [7, 11) is 0. The first-order valence-corrected chi connectivity index (χ1v) is 5.94. The van der Waals surface area contributed by atoms with Crippen molar-refractivity contribution in [3.05, 3.63) is 52.2 Å². The zero-order valence-electron chi connectivity index (χ0n) is 10.3. The zero-order valence-corrected chi connectivity index (χ0v) is 10.3. The second-order valence-electron chi connectivity index (χ2n) is 4.00. The molecule has 0 aromatic carbocycles. The van der Waals surface area contributed by atoms with E-state index in [1.165, 1.54) is 5.69 Å². The van der Waals surface area contributed by atoms with Crippen LogP contribution in [0.1, 0.15) is 25.2 Å². The van der Waals surface area contributed by atoms with E-state index in [2.05, 4.69) is 25.0 Å². The van der Waals surface area contributed by atoms with E-state index in [4.69, 9.17) is 0 Å². The Balaban J connectivity index is 2.25. The number of pyridine rings is 1. The fraction of sp³-hybridized carbons (Fsp3) is 0.385. The van der Waals surface area contributed by atoms with Crippen molar-refractivity contribution < 1.29 is 0 Å². The van der Waals surface area contributed by atoms with Crippen molar-refractivity contribution in [1.82, 2.24) is 14.3 Å². The third-order valence-electron chi connectivity index (χ3n) is 2.78. The SMILES string of the molecule is CCc1cc(Cn2ccc(=O)cc2)n(CC)n1. The van der Waals surface area contributed by atoms with Crippen molar-refractivity contribution in [3.63, 3.8) is 0 Å². The molecule has 2 aromatic heterocycles. The van der Waals surface area contributed by atoms with E-state index in [9.17, 15) is 4.79 Å². The lowest BCUT2D eigenvalue weighted by molar-refractivity contribution is 0.594. The third-order valence-corrected chi connectivity index (χ3v) is 2.78. The lowest BCUT2D eigenvalue weighted by Gasteiger charge is -2.07. The molecule has 0 saturated heterocycles. The van der Waals surface area contributed by atoms with Crippen molar-refractivity contribution in [3.8, 4) is 0 Å². The number of hydrogen-bond donors (Lipinski definition) is 0. The second-order valence-corrected chi connectivity index (χ2v) is 4.00. The monoisotopic (exact) mass is 231 g/mol. The van der Waals surface area contributed by atoms with Gasteiger partial charge in [-0.05, 0) is 19.4 Å². The van der Waals surface area contributed by atoms with E-state index in [0.29, 0.717) is 0 Å². The van der Waals surface area contributed by atoms with Gasteiger partial charge < -0.3 is 4.57 Å². The predicted molar refractivity (Wildman–Crippen MR) is 67.1 cm³/mol. The molecular weight excluding hydrogens is 214 g/mol. The van der Waals surface area contributed by atoms with Crippen LogP contribution in [0.25, 0.3) is 0 Å². The second kappa shape index (κ2) is 4.99. The minimum absolute atomic E-state index is 0.0412. The molecule has 2 heterocycles. The van der Waals surface area contributed by atoms with E-state index in [1.54, 1.807) is 24.5 Å². The molecule has 90 valence electrons. The van der Waals surface area contributed by atoms with Crippen LogP contribution in [0, 0.1) is 0 Å². The van der Waals surface area contributed by atoms with Crippen LogP contribution in [-0.4, -0.2) is 14.3 Å². The fourth-order valence-electron chi connectivity index (χ4n) is 1.82. The standard InChI is InChI=1S/C13H17N3O/c1-3-11-9-12(16(4-2)14-11)10-15-7-5-13(17)6-8-15/h5-9H,3-4,10H2,1-2H3. The van der Waals surface area contributed by atoms with Crippen molar-refractivity contribution >= 4 is 0 Å². The molecule has 4 nitrogen and oxygen atoms in total. The van der Waals surface area contributed by atoms with Crippen LogP contribution in [0.4, 0.5) is 0 Å². The molecule has 0 radical (unpaired) electrons. The Morgan fingerprint density at radius 2 is 1.94 bits per heavy atom. The first-order chi connectivity index (χ1) is 8.22. The highest BCUT2D eigenvalue weighted by atomic mass is 16.1. The van der Waals surface area contributed by atoms with Crippen molar-refractivity contribution in [1.29, 1.82) is 0 Å². The van der Waals surface area contributed by atoms with Gasteiger partial charge in [0.2, 0.25) is 0 Å². The Morgan fingerprint density at radius 1 is 1.24 bits per heavy atom. The van der Waals surface area contributed by atoms with Crippen LogP contribution in [0.2, 0.25) is 0 Å². The van der Waals surface area contributed by atoms with Gasteiger partial charge in [0.1, 0.15) is 0 Å². The number of aryl methyl sites for hydroxylation is 2. The molecule has 0 unspecified atom stereocenters. The molecule has 2 aromatic rings. The van der Waals surface area contributed by atoms with Crippen LogP contribution in [0.3, 0.4) is 0 Å². The fourth-order valence-corrected chi connectivity index (χ4v) is 1.82. The third kappa shape index (κ3) is 2.64. The minimum Gasteiger partial charge on any atom is -0.348 e. The topological polar surface area (TPSA) is 39.8 Å². The lowest BCUT2D eigenvalue weighted by Crippen LogP contribution is -2.09. The molecule has 0 aliphatic heterocycles. The summed E-state index contributed by atoms with van der Waals surface area (Å²) < 4.78 is 4.00. The summed E-state index contributed by atoms with van der Waals surface area (Å²) in [5, 5.41) is 4.50. The minimum atomic E-state index is 0.0412. The molecule has 0 amide bonds. The molecular formula is C13H17N3O. The number of hydrogen-bond acceptors (Lipinski definition) is 2. The van der Waals surface area contributed by atoms with Gasteiger partial charge in [0, 0.05) is 31.1 Å². The number of rotatable bonds is 4. The Labute approximate surface area is 101 Å². The van der Waals surface area contributed by atoms with E-state index >= 15 is 0 Å². The molecule has 2 rings (SSSR count). The highest BCUT2D eigenvalue weighted by molar-refractivity contribution is 5.11. The predicted octanol–water partition coefficient (Wildman–Crippen LogP) is 1.68. The molecule has 0 aliphatic rings. The highest BCUT2D eigenvalue weighted by Crippen LogP contribution is 2.07. The Kier molecular flexibility index (Phi) is 3.42. The van der Waals surface area contributed by atoms with Crippen LogP contribution in [0.5, 0.6) is 0 Å². The van der Waals surface area contributed by atoms with E-state index < -0.39 is 0 Å². The average Bonchev–Trinajstić information content (AvgIpc) is 2.74. The van der Waals surface area contributed by atoms with Gasteiger partial charge in [0.25, 0.3) is 0 Å². The van der Waals surface area contributed by atoms with E-state index in [1.807, 2.05) is 9.25 Å². The van der Waals surface area contributed by atoms with Gasteiger partial charge in [-0.25, -0.2) is 0 Å². The molecule has 0 bridgehead atoms. The Bertz CT molecular complexity index is 534. The van der Waals surface area contributed by atoms with Gasteiger partial charge >= 0.3 is 0 Å². The van der Waals surface area contributed by atoms with Crippen LogP contribution in [-0.2, 0) is 19.5 Å². The Morgan fingerprint density at radius 3 is 2.53 bits per heavy atom. The van der Waals surface area contributed by atoms with Gasteiger partial charge in [0.15, 0.2) is 5.43 Å². The molecule has 17 heavy (non-hydrogen) atoms. The van der Waals surface area contributed by atoms with Crippen LogP contribution in [0.15, 0.2) is 35.4 Å². The summed E-state index contributed by atoms with van der Waals surface area (Å²) in [6.45, 7) is 5.81. The van der Waals surface area contributed by atoms with Gasteiger partial charge in [-0.15, -0.1) is 0 Å². The number of nitrogens with zero attached hydrogens (tertiary/aromatic N) is 3. The molecule has 4 heteroatoms. The maximum Gasteiger partial charge on any atom is 0.181 e. The molecule has 0 atom stereocenters. The van der Waals surface area contributed by atoms with Gasteiger partial charge in [-0.2, -0.15) is 5.10 Å². The molecule has 0 aliphatic carbocycles. The molecule has 0 N–H and O–H groups in total. The number of aromatic nitrogens is 3. The van der Waals surface area contributed by atoms with Gasteiger partial charge in [0.05, 0.1) is 17.9 Å². The largest absolute Gasteiger partial charge is 0.348 e. The maximum atomic E-state index is 11.0. The molecule has 0 fully saturated rings. The normalized spacial score (nSPS) is 10.7. The maximum absolute atomic E-state index is 11.0. The summed E-state index contributed by atoms with van der Waals surface area (Å²) in [6.07, 6.45) is 4.56. The first kappa shape index (κ1) is 11.6. The highest BCUT2D eigenvalue weighted by Gasteiger charge is 2.05. The smallest absolute Gasteiger partial charge is 0.181 e. The average molecular weight is 231 g/mol. The van der Waals surface area contributed by atoms with Crippen molar-refractivity contribution in [2.75, 3.05) is 0 Å². The summed E-state index contributed by atoms with van der Waals surface area (Å²) in [5.74, 6) is 0. The first-order valence-electron chi connectivity index (χ1n) is 5.94. The molecule has 0 saturated carbocycles. The van der Waals surface area contributed by atoms with Crippen molar-refractivity contribution in [2.24, 2.45) is 0 Å². The van der Waals surface area contributed by atoms with Crippen LogP contribution >= 0.6 is 0 Å². The van der Waals surface area contributed by atoms with Gasteiger partial charge in [-0.3, -0.25) is 9.48 Å². The quantitative estimate of drug-likeness (QED) is 0.803. The summed E-state index contributed by atoms with van der Waals surface area (Å²) >= 11 is 0.